The second kappa shape index (κ2) is 5.25. The monoisotopic (exact) mass is 243 g/mol. The lowest BCUT2D eigenvalue weighted by atomic mass is 10.2. The van der Waals surface area contributed by atoms with Gasteiger partial charge in [0.25, 0.3) is 0 Å². The van der Waals surface area contributed by atoms with Gasteiger partial charge in [-0.1, -0.05) is 15.9 Å². The minimum atomic E-state index is 0.239. The lowest BCUT2D eigenvalue weighted by Crippen LogP contribution is -2.04. The lowest BCUT2D eigenvalue weighted by Gasteiger charge is -2.08. The summed E-state index contributed by atoms with van der Waals surface area (Å²) in [5, 5.41) is 11.9. The zero-order valence-corrected chi connectivity index (χ0v) is 9.26. The highest BCUT2D eigenvalue weighted by Gasteiger charge is 1.96. The Kier molecular flexibility index (Phi) is 4.25. The van der Waals surface area contributed by atoms with E-state index < -0.39 is 0 Å². The summed E-state index contributed by atoms with van der Waals surface area (Å²) in [4.78, 5) is 0. The number of nitrogens with one attached hydrogen (secondary N) is 1. The standard InChI is InChI=1S/C10H14BrNO/c1-8-7-9(11)3-4-10(8)12-5-2-6-13/h3-4,7,12-13H,2,5-6H2,1H3. The van der Waals surface area contributed by atoms with Crippen LogP contribution in [0, 0.1) is 6.92 Å². The van der Waals surface area contributed by atoms with Crippen molar-refractivity contribution in [3.63, 3.8) is 0 Å². The first-order chi connectivity index (χ1) is 6.24. The van der Waals surface area contributed by atoms with Crippen LogP contribution in [0.3, 0.4) is 0 Å². The maximum atomic E-state index is 8.61. The molecule has 0 spiro atoms. The lowest BCUT2D eigenvalue weighted by molar-refractivity contribution is 0.292. The molecular formula is C10H14BrNO. The van der Waals surface area contributed by atoms with Crippen LogP contribution in [0.25, 0.3) is 0 Å². The molecule has 0 atom stereocenters. The third-order valence-electron chi connectivity index (χ3n) is 1.84. The van der Waals surface area contributed by atoms with Crippen molar-refractivity contribution in [2.45, 2.75) is 13.3 Å². The Hall–Kier alpha value is -0.540. The van der Waals surface area contributed by atoms with E-state index in [0.717, 1.165) is 23.1 Å². The number of rotatable bonds is 4. The molecule has 0 fully saturated rings. The molecule has 0 unspecified atom stereocenters. The fraction of sp³-hybridized carbons (Fsp3) is 0.400. The Bertz CT molecular complexity index is 276. The summed E-state index contributed by atoms with van der Waals surface area (Å²) in [6.07, 6.45) is 0.787. The van der Waals surface area contributed by atoms with Crippen molar-refractivity contribution in [1.29, 1.82) is 0 Å². The van der Waals surface area contributed by atoms with Crippen LogP contribution < -0.4 is 5.32 Å². The molecule has 0 aromatic heterocycles. The van der Waals surface area contributed by atoms with Crippen molar-refractivity contribution in [3.8, 4) is 0 Å². The Morgan fingerprint density at radius 2 is 2.23 bits per heavy atom. The molecule has 0 aliphatic rings. The molecule has 2 nitrogen and oxygen atoms in total. The van der Waals surface area contributed by atoms with Gasteiger partial charge >= 0.3 is 0 Å². The predicted molar refractivity (Wildman–Crippen MR) is 59.1 cm³/mol. The van der Waals surface area contributed by atoms with Crippen LogP contribution in [-0.2, 0) is 0 Å². The van der Waals surface area contributed by atoms with Crippen molar-refractivity contribution < 1.29 is 5.11 Å². The van der Waals surface area contributed by atoms with Crippen molar-refractivity contribution in [3.05, 3.63) is 28.2 Å². The number of aliphatic hydroxyl groups is 1. The third kappa shape index (κ3) is 3.36. The van der Waals surface area contributed by atoms with Crippen LogP contribution >= 0.6 is 15.9 Å². The molecule has 0 radical (unpaired) electrons. The van der Waals surface area contributed by atoms with Crippen molar-refractivity contribution >= 4 is 21.6 Å². The number of hydrogen-bond donors (Lipinski definition) is 2. The van der Waals surface area contributed by atoms with Crippen molar-refractivity contribution in [2.24, 2.45) is 0 Å². The Morgan fingerprint density at radius 3 is 2.85 bits per heavy atom. The molecule has 1 rings (SSSR count). The Labute approximate surface area is 87.1 Å². The summed E-state index contributed by atoms with van der Waals surface area (Å²) in [6, 6.07) is 6.12. The van der Waals surface area contributed by atoms with E-state index in [4.69, 9.17) is 5.11 Å². The number of benzene rings is 1. The smallest absolute Gasteiger partial charge is 0.0447 e. The van der Waals surface area contributed by atoms with Crippen LogP contribution in [0.15, 0.2) is 22.7 Å². The summed E-state index contributed by atoms with van der Waals surface area (Å²) in [7, 11) is 0. The first-order valence-electron chi connectivity index (χ1n) is 4.35. The number of halogens is 1. The summed E-state index contributed by atoms with van der Waals surface area (Å²) < 4.78 is 1.10. The van der Waals surface area contributed by atoms with E-state index in [1.54, 1.807) is 0 Å². The highest BCUT2D eigenvalue weighted by molar-refractivity contribution is 9.10. The minimum Gasteiger partial charge on any atom is -0.396 e. The molecular weight excluding hydrogens is 230 g/mol. The maximum Gasteiger partial charge on any atom is 0.0447 e. The van der Waals surface area contributed by atoms with E-state index in [-0.39, 0.29) is 6.61 Å². The zero-order valence-electron chi connectivity index (χ0n) is 7.68. The van der Waals surface area contributed by atoms with Crippen molar-refractivity contribution in [1.82, 2.24) is 0 Å². The van der Waals surface area contributed by atoms with Gasteiger partial charge < -0.3 is 10.4 Å². The molecule has 0 aliphatic carbocycles. The summed E-state index contributed by atoms with van der Waals surface area (Å²) in [5.74, 6) is 0. The van der Waals surface area contributed by atoms with Gasteiger partial charge in [-0.15, -0.1) is 0 Å². The molecule has 3 heteroatoms. The second-order valence-electron chi connectivity index (χ2n) is 2.96. The van der Waals surface area contributed by atoms with Gasteiger partial charge in [0.1, 0.15) is 0 Å². The molecule has 0 aliphatic heterocycles. The molecule has 0 amide bonds. The second-order valence-corrected chi connectivity index (χ2v) is 3.88. The van der Waals surface area contributed by atoms with Gasteiger partial charge in [-0.2, -0.15) is 0 Å². The first kappa shape index (κ1) is 10.5. The summed E-state index contributed by atoms with van der Waals surface area (Å²) in [6.45, 7) is 3.12. The van der Waals surface area contributed by atoms with Crippen LogP contribution in [-0.4, -0.2) is 18.3 Å². The molecule has 0 heterocycles. The fourth-order valence-corrected chi connectivity index (χ4v) is 1.60. The first-order valence-corrected chi connectivity index (χ1v) is 5.14. The average Bonchev–Trinajstić information content (AvgIpc) is 2.09. The molecule has 13 heavy (non-hydrogen) atoms. The van der Waals surface area contributed by atoms with E-state index in [2.05, 4.69) is 34.2 Å². The molecule has 0 saturated carbocycles. The molecule has 0 bridgehead atoms. The van der Waals surface area contributed by atoms with Gasteiger partial charge in [-0.3, -0.25) is 0 Å². The fourth-order valence-electron chi connectivity index (χ4n) is 1.13. The average molecular weight is 244 g/mol. The van der Waals surface area contributed by atoms with Crippen LogP contribution in [0.4, 0.5) is 5.69 Å². The summed E-state index contributed by atoms with van der Waals surface area (Å²) in [5.41, 5.74) is 2.35. The number of aliphatic hydroxyl groups excluding tert-OH is 1. The summed E-state index contributed by atoms with van der Waals surface area (Å²) >= 11 is 3.41. The molecule has 2 N–H and O–H groups in total. The van der Waals surface area contributed by atoms with E-state index in [1.165, 1.54) is 5.56 Å². The molecule has 0 saturated heterocycles. The molecule has 1 aromatic rings. The van der Waals surface area contributed by atoms with Gasteiger partial charge in [0.15, 0.2) is 0 Å². The molecule has 72 valence electrons. The van der Waals surface area contributed by atoms with Crippen LogP contribution in [0.1, 0.15) is 12.0 Å². The van der Waals surface area contributed by atoms with Crippen LogP contribution in [0.2, 0.25) is 0 Å². The maximum absolute atomic E-state index is 8.61. The number of aryl methyl sites for hydroxylation is 1. The Morgan fingerprint density at radius 1 is 1.46 bits per heavy atom. The normalized spacial score (nSPS) is 10.1. The number of hydrogen-bond acceptors (Lipinski definition) is 2. The highest BCUT2D eigenvalue weighted by atomic mass is 79.9. The van der Waals surface area contributed by atoms with Crippen LogP contribution in [0.5, 0.6) is 0 Å². The van der Waals surface area contributed by atoms with Gasteiger partial charge in [0.05, 0.1) is 0 Å². The van der Waals surface area contributed by atoms with E-state index in [9.17, 15) is 0 Å². The highest BCUT2D eigenvalue weighted by Crippen LogP contribution is 2.19. The van der Waals surface area contributed by atoms with Gasteiger partial charge in [0, 0.05) is 23.3 Å². The topological polar surface area (TPSA) is 32.3 Å². The number of anilines is 1. The van der Waals surface area contributed by atoms with Gasteiger partial charge in [-0.05, 0) is 37.1 Å². The van der Waals surface area contributed by atoms with Gasteiger partial charge in [0.2, 0.25) is 0 Å². The largest absolute Gasteiger partial charge is 0.396 e. The van der Waals surface area contributed by atoms with Crippen molar-refractivity contribution in [2.75, 3.05) is 18.5 Å². The molecule has 1 aromatic carbocycles. The van der Waals surface area contributed by atoms with E-state index in [1.807, 2.05) is 12.1 Å². The Balaban J connectivity index is 2.56. The third-order valence-corrected chi connectivity index (χ3v) is 2.33. The van der Waals surface area contributed by atoms with E-state index >= 15 is 0 Å². The quantitative estimate of drug-likeness (QED) is 0.798. The van der Waals surface area contributed by atoms with E-state index in [0.29, 0.717) is 0 Å². The van der Waals surface area contributed by atoms with Gasteiger partial charge in [-0.25, -0.2) is 0 Å². The minimum absolute atomic E-state index is 0.239. The zero-order chi connectivity index (χ0) is 9.68. The SMILES string of the molecule is Cc1cc(Br)ccc1NCCCO. The predicted octanol–water partition coefficient (Wildman–Crippen LogP) is 2.55.